The van der Waals surface area contributed by atoms with Gasteiger partial charge in [-0.3, -0.25) is 19.2 Å². The van der Waals surface area contributed by atoms with Crippen LogP contribution < -0.4 is 32.1 Å². The van der Waals surface area contributed by atoms with Crippen molar-refractivity contribution in [2.45, 2.75) is 116 Å². The number of likely N-dealkylation sites (N-methyl/N-ethyl adjacent to an activating group) is 1. The molecule has 2 aliphatic heterocycles. The van der Waals surface area contributed by atoms with E-state index < -0.39 is 53.1 Å². The van der Waals surface area contributed by atoms with E-state index in [-0.39, 0.29) is 49.1 Å². The van der Waals surface area contributed by atoms with Gasteiger partial charge < -0.3 is 45.7 Å². The Balaban J connectivity index is 0.953. The van der Waals surface area contributed by atoms with Crippen LogP contribution in [0.5, 0.6) is 0 Å². The summed E-state index contributed by atoms with van der Waals surface area (Å²) in [5, 5.41) is 26.8. The third-order valence-electron chi connectivity index (χ3n) is 13.4. The minimum Gasteiger partial charge on any atom is -0.458 e. The largest absolute Gasteiger partial charge is 0.458 e. The highest BCUT2D eigenvalue weighted by atomic mass is 19.1. The molecule has 1 aliphatic carbocycles. The number of pyridine rings is 2. The number of nitrogens with one attached hydrogen (secondary N) is 5. The minimum absolute atomic E-state index is 0.0210. The Kier molecular flexibility index (Phi) is 14.0. The molecular formula is C51H56FN7O9. The molecule has 8 rings (SSSR count). The van der Waals surface area contributed by atoms with Gasteiger partial charge in [0.05, 0.1) is 41.1 Å². The smallest absolute Gasteiger partial charge is 0.407 e. The lowest BCUT2D eigenvalue weighted by molar-refractivity contribution is -0.172. The van der Waals surface area contributed by atoms with Crippen molar-refractivity contribution in [1.29, 1.82) is 0 Å². The van der Waals surface area contributed by atoms with Crippen LogP contribution in [0.3, 0.4) is 0 Å². The number of nitrogens with zero attached hydrogens (tertiary/aromatic N) is 2. The molecule has 17 heteroatoms. The number of rotatable bonds is 17. The Hall–Kier alpha value is -6.98. The fourth-order valence-corrected chi connectivity index (χ4v) is 9.49. The molecular weight excluding hydrogens is 874 g/mol. The number of alkyl carbamates (subject to hydrolysis) is 1. The quantitative estimate of drug-likeness (QED) is 0.0503. The van der Waals surface area contributed by atoms with Crippen LogP contribution in [0.15, 0.2) is 71.5 Å². The van der Waals surface area contributed by atoms with E-state index in [0.717, 1.165) is 11.1 Å². The number of benzene rings is 3. The monoisotopic (exact) mass is 929 g/mol. The summed E-state index contributed by atoms with van der Waals surface area (Å²) in [6, 6.07) is 17.3. The number of esters is 1. The third-order valence-corrected chi connectivity index (χ3v) is 13.4. The Bertz CT molecular complexity index is 2850. The third kappa shape index (κ3) is 9.45. The molecule has 4 atom stereocenters. The maximum Gasteiger partial charge on any atom is 0.407 e. The molecule has 4 heterocycles. The van der Waals surface area contributed by atoms with E-state index in [2.05, 4.69) is 26.6 Å². The number of ether oxygens (including phenoxy) is 2. The molecule has 6 N–H and O–H groups in total. The Morgan fingerprint density at radius 1 is 0.971 bits per heavy atom. The highest BCUT2D eigenvalue weighted by Crippen LogP contribution is 2.46. The van der Waals surface area contributed by atoms with Crippen molar-refractivity contribution < 1.29 is 42.9 Å². The highest BCUT2D eigenvalue weighted by Gasteiger charge is 2.46. The molecule has 0 saturated heterocycles. The molecule has 0 radical (unpaired) electrons. The predicted molar refractivity (Wildman–Crippen MR) is 251 cm³/mol. The normalized spacial score (nSPS) is 17.5. The number of aromatic nitrogens is 2. The van der Waals surface area contributed by atoms with E-state index in [4.69, 9.17) is 14.5 Å². The molecule has 2 aromatic heterocycles. The molecule has 3 aliphatic rings. The fraction of sp³-hybridized carbons (Fsp3) is 0.392. The van der Waals surface area contributed by atoms with Crippen LogP contribution in [-0.2, 0) is 66.9 Å². The molecule has 0 fully saturated rings. The summed E-state index contributed by atoms with van der Waals surface area (Å²) in [7, 11) is 1.70. The van der Waals surface area contributed by atoms with Gasteiger partial charge in [-0.2, -0.15) is 0 Å². The van der Waals surface area contributed by atoms with Crippen molar-refractivity contribution in [3.63, 3.8) is 0 Å². The van der Waals surface area contributed by atoms with Gasteiger partial charge in [-0.25, -0.2) is 19.0 Å². The summed E-state index contributed by atoms with van der Waals surface area (Å²) < 4.78 is 27.9. The summed E-state index contributed by atoms with van der Waals surface area (Å²) in [5.41, 5.74) is 3.66. The number of amides is 4. The van der Waals surface area contributed by atoms with Crippen LogP contribution in [0.1, 0.15) is 103 Å². The van der Waals surface area contributed by atoms with E-state index in [0.29, 0.717) is 102 Å². The number of anilines is 1. The van der Waals surface area contributed by atoms with Crippen LogP contribution in [0.2, 0.25) is 0 Å². The van der Waals surface area contributed by atoms with Crippen LogP contribution in [0, 0.1) is 12.7 Å². The first kappa shape index (κ1) is 47.5. The van der Waals surface area contributed by atoms with E-state index >= 15 is 4.39 Å². The number of unbranched alkanes of at least 4 members (excludes halogenated alkanes) is 1. The predicted octanol–water partition coefficient (Wildman–Crippen LogP) is 5.39. The van der Waals surface area contributed by atoms with Gasteiger partial charge in [0.1, 0.15) is 25.1 Å². The van der Waals surface area contributed by atoms with Crippen LogP contribution in [0.4, 0.5) is 14.9 Å². The first-order chi connectivity index (χ1) is 32.7. The number of fused-ring (bicyclic) bond motifs is 5. The number of halogens is 1. The second-order valence-corrected chi connectivity index (χ2v) is 17.6. The summed E-state index contributed by atoms with van der Waals surface area (Å²) in [4.78, 5) is 84.1. The summed E-state index contributed by atoms with van der Waals surface area (Å²) in [6.45, 7) is 5.27. The molecule has 356 valence electrons. The van der Waals surface area contributed by atoms with Gasteiger partial charge in [0.15, 0.2) is 5.60 Å². The lowest BCUT2D eigenvalue weighted by Gasteiger charge is -2.31. The number of carbonyl (C=O) groups excluding carboxylic acids is 5. The van der Waals surface area contributed by atoms with Crippen molar-refractivity contribution in [1.82, 2.24) is 30.8 Å². The maximum atomic E-state index is 15.4. The highest BCUT2D eigenvalue weighted by molar-refractivity contribution is 5.98. The van der Waals surface area contributed by atoms with Gasteiger partial charge in [0.25, 0.3) is 5.56 Å². The van der Waals surface area contributed by atoms with Gasteiger partial charge in [-0.1, -0.05) is 56.3 Å². The SMILES string of the molecule is CCC(=O)NCCCC[C@H](NC(=O)[C@H](Cc1ccccc1)NC)C(=O)Nc1ccc(COC(=O)N[C@H]2CCc3c(C)c(F)cc4nc5c(c2c34)Cn2c-5cc3c(c2=O)COC(=O)[C@]3(O)CC)cc1. The van der Waals surface area contributed by atoms with Crippen LogP contribution in [-0.4, -0.2) is 70.1 Å². The first-order valence-corrected chi connectivity index (χ1v) is 23.2. The molecule has 0 saturated carbocycles. The second kappa shape index (κ2) is 20.1. The molecule has 5 aromatic rings. The average Bonchev–Trinajstić information content (AvgIpc) is 3.71. The molecule has 16 nitrogen and oxygen atoms in total. The van der Waals surface area contributed by atoms with Gasteiger partial charge in [0, 0.05) is 41.2 Å². The lowest BCUT2D eigenvalue weighted by atomic mass is 9.81. The molecule has 0 spiro atoms. The number of cyclic esters (lactones) is 1. The van der Waals surface area contributed by atoms with Gasteiger partial charge >= 0.3 is 12.1 Å². The lowest BCUT2D eigenvalue weighted by Crippen LogP contribution is -2.51. The molecule has 68 heavy (non-hydrogen) atoms. The van der Waals surface area contributed by atoms with Gasteiger partial charge in [-0.05, 0) is 105 Å². The van der Waals surface area contributed by atoms with E-state index in [1.807, 2.05) is 30.3 Å². The zero-order valence-corrected chi connectivity index (χ0v) is 38.6. The topological polar surface area (TPSA) is 219 Å². The summed E-state index contributed by atoms with van der Waals surface area (Å²) in [5.74, 6) is -2.05. The van der Waals surface area contributed by atoms with E-state index in [9.17, 15) is 33.9 Å². The molecule has 4 amide bonds. The van der Waals surface area contributed by atoms with Crippen molar-refractivity contribution in [3.05, 3.63) is 127 Å². The zero-order valence-electron chi connectivity index (χ0n) is 38.6. The number of aliphatic hydroxyl groups is 1. The fourth-order valence-electron chi connectivity index (χ4n) is 9.49. The zero-order chi connectivity index (χ0) is 48.3. The summed E-state index contributed by atoms with van der Waals surface area (Å²) >= 11 is 0. The Morgan fingerprint density at radius 2 is 1.74 bits per heavy atom. The number of hydrogen-bond donors (Lipinski definition) is 6. The summed E-state index contributed by atoms with van der Waals surface area (Å²) in [6.07, 6.45) is 2.47. The molecule has 0 unspecified atom stereocenters. The van der Waals surface area contributed by atoms with E-state index in [1.165, 1.54) is 10.6 Å². The van der Waals surface area contributed by atoms with Crippen LogP contribution in [0.25, 0.3) is 22.3 Å². The average molecular weight is 930 g/mol. The molecule has 0 bridgehead atoms. The van der Waals surface area contributed by atoms with Gasteiger partial charge in [0.2, 0.25) is 17.7 Å². The van der Waals surface area contributed by atoms with Crippen molar-refractivity contribution in [2.75, 3.05) is 18.9 Å². The maximum absolute atomic E-state index is 15.4. The molecule has 3 aromatic carbocycles. The van der Waals surface area contributed by atoms with E-state index in [1.54, 1.807) is 58.2 Å². The number of hydrogen-bond acceptors (Lipinski definition) is 11. The number of carbonyl (C=O) groups is 5. The minimum atomic E-state index is -2.02. The first-order valence-electron chi connectivity index (χ1n) is 23.2. The van der Waals surface area contributed by atoms with Gasteiger partial charge in [-0.15, -0.1) is 0 Å². The second-order valence-electron chi connectivity index (χ2n) is 17.6. The standard InChI is InChI=1S/C51H56FN7O9/c1-5-42(60)54-21-11-10-14-38(57-47(62)40(53-4)22-29-12-8-7-9-13-29)46(61)55-31-17-15-30(16-18-31)26-68-50(65)58-37-20-19-32-28(3)36(52)24-39-43(32)44(37)33-25-59-41(45(33)56-39)23-35-34(48(59)63)27-67-49(64)51(35,66)6-2/h7-9,12-13,15-18,23-24,37-38,40,53,66H,5-6,10-11,14,19-22,25-27H2,1-4H3,(H,54,60)(H,55,61)(H,57,62)(H,58,65)/t37-,38-,40-,51-/m0/s1. The number of aryl methyl sites for hydroxylation is 1. The van der Waals surface area contributed by atoms with Crippen molar-refractivity contribution >= 4 is 46.4 Å². The van der Waals surface area contributed by atoms with Crippen molar-refractivity contribution in [2.24, 2.45) is 0 Å². The Morgan fingerprint density at radius 3 is 2.46 bits per heavy atom. The Labute approximate surface area is 392 Å². The van der Waals surface area contributed by atoms with Crippen LogP contribution >= 0.6 is 0 Å². The van der Waals surface area contributed by atoms with Crippen molar-refractivity contribution in [3.8, 4) is 11.4 Å².